The Morgan fingerprint density at radius 1 is 1.25 bits per heavy atom. The van der Waals surface area contributed by atoms with Crippen LogP contribution in [0, 0.1) is 11.8 Å². The molecule has 3 atom stereocenters. The van der Waals surface area contributed by atoms with Gasteiger partial charge >= 0.3 is 0 Å². The molecule has 3 unspecified atom stereocenters. The number of carbonyl (C=O) groups excluding carboxylic acids is 1. The molecule has 0 bridgehead atoms. The highest BCUT2D eigenvalue weighted by Crippen LogP contribution is 2.37. The van der Waals surface area contributed by atoms with Gasteiger partial charge < -0.3 is 25.3 Å². The highest BCUT2D eigenvalue weighted by atomic mass is 16.2. The minimum Gasteiger partial charge on any atom is -0.368 e. The zero-order valence-electron chi connectivity index (χ0n) is 19.0. The van der Waals surface area contributed by atoms with Crippen molar-refractivity contribution in [3.05, 3.63) is 30.1 Å². The summed E-state index contributed by atoms with van der Waals surface area (Å²) < 4.78 is 0. The maximum Gasteiger partial charge on any atom is 0.269 e. The molecule has 5 heterocycles. The Hall–Kier alpha value is -2.94. The van der Waals surface area contributed by atoms with E-state index in [-0.39, 0.29) is 24.0 Å². The van der Waals surface area contributed by atoms with Crippen molar-refractivity contribution in [1.82, 2.24) is 20.1 Å². The standard InChI is InChI=1S/C23H32N8O/c1-15(2)10-18-14-29(3)22(32)19-11-16-12-26-23(28-21(16)31(18)19)27-20-5-4-17(13-25-20)30-8-6-24-7-9-30/h4-5,11-13,15-16,18,21,24H,6-10,14H2,1-3H3,(H,25,27,28). The van der Waals surface area contributed by atoms with E-state index in [9.17, 15) is 4.79 Å². The Labute approximate surface area is 189 Å². The number of aliphatic imine (C=N–C) groups is 2. The fourth-order valence-electron chi connectivity index (χ4n) is 5.02. The van der Waals surface area contributed by atoms with Crippen molar-refractivity contribution in [2.24, 2.45) is 21.8 Å². The van der Waals surface area contributed by atoms with E-state index >= 15 is 0 Å². The predicted molar refractivity (Wildman–Crippen MR) is 127 cm³/mol. The molecule has 2 fully saturated rings. The number of pyridine rings is 1. The number of anilines is 2. The number of nitrogens with one attached hydrogen (secondary N) is 2. The van der Waals surface area contributed by atoms with Crippen molar-refractivity contribution in [2.45, 2.75) is 32.5 Å². The van der Waals surface area contributed by atoms with Crippen molar-refractivity contribution < 1.29 is 4.79 Å². The third-order valence-corrected chi connectivity index (χ3v) is 6.54. The second-order valence-corrected chi connectivity index (χ2v) is 9.41. The van der Waals surface area contributed by atoms with Crippen LogP contribution in [0.5, 0.6) is 0 Å². The molecule has 0 radical (unpaired) electrons. The number of guanidine groups is 1. The molecular formula is C23H32N8O. The highest BCUT2D eigenvalue weighted by Gasteiger charge is 2.46. The maximum absolute atomic E-state index is 12.8. The highest BCUT2D eigenvalue weighted by molar-refractivity contribution is 6.01. The predicted octanol–water partition coefficient (Wildman–Crippen LogP) is 1.37. The van der Waals surface area contributed by atoms with Gasteiger partial charge in [0.15, 0.2) is 0 Å². The quantitative estimate of drug-likeness (QED) is 0.741. The minimum absolute atomic E-state index is 0.0173. The Bertz CT molecular complexity index is 947. The summed E-state index contributed by atoms with van der Waals surface area (Å²) >= 11 is 0. The van der Waals surface area contributed by atoms with E-state index in [4.69, 9.17) is 4.99 Å². The SMILES string of the molecule is CC(C)CC1CN(C)C(=O)C2=CC3C=NC(Nc4ccc(N5CCNCC5)cn4)=NC3N21. The number of aromatic nitrogens is 1. The molecule has 1 amide bonds. The molecule has 1 aromatic heterocycles. The van der Waals surface area contributed by atoms with Crippen molar-refractivity contribution in [3.63, 3.8) is 0 Å². The van der Waals surface area contributed by atoms with Crippen LogP contribution < -0.4 is 15.5 Å². The molecule has 2 N–H and O–H groups in total. The normalized spacial score (nSPS) is 27.3. The van der Waals surface area contributed by atoms with Gasteiger partial charge in [-0.25, -0.2) is 15.0 Å². The zero-order valence-corrected chi connectivity index (χ0v) is 19.0. The van der Waals surface area contributed by atoms with Gasteiger partial charge in [-0.2, -0.15) is 0 Å². The van der Waals surface area contributed by atoms with Crippen LogP contribution in [0.25, 0.3) is 0 Å². The number of hydrogen-bond donors (Lipinski definition) is 2. The van der Waals surface area contributed by atoms with Gasteiger partial charge in [0.05, 0.1) is 17.8 Å². The molecule has 170 valence electrons. The largest absolute Gasteiger partial charge is 0.368 e. The van der Waals surface area contributed by atoms with E-state index in [2.05, 4.69) is 50.3 Å². The lowest BCUT2D eigenvalue weighted by Crippen LogP contribution is -2.55. The second-order valence-electron chi connectivity index (χ2n) is 9.41. The summed E-state index contributed by atoms with van der Waals surface area (Å²) in [7, 11) is 1.88. The first kappa shape index (κ1) is 20.9. The smallest absolute Gasteiger partial charge is 0.269 e. The van der Waals surface area contributed by atoms with Gasteiger partial charge in [-0.15, -0.1) is 0 Å². The van der Waals surface area contributed by atoms with Crippen LogP contribution in [0.15, 0.2) is 40.1 Å². The van der Waals surface area contributed by atoms with Gasteiger partial charge in [0.25, 0.3) is 5.91 Å². The van der Waals surface area contributed by atoms with Gasteiger partial charge in [-0.05, 0) is 30.5 Å². The summed E-state index contributed by atoms with van der Waals surface area (Å²) in [6.07, 6.45) is 6.71. The summed E-state index contributed by atoms with van der Waals surface area (Å²) in [4.78, 5) is 33.2. The molecule has 1 aromatic rings. The Balaban J connectivity index is 1.32. The molecule has 0 aliphatic carbocycles. The summed E-state index contributed by atoms with van der Waals surface area (Å²) in [6.45, 7) is 9.15. The number of amides is 1. The van der Waals surface area contributed by atoms with Gasteiger partial charge in [-0.3, -0.25) is 4.79 Å². The first-order valence-corrected chi connectivity index (χ1v) is 11.6. The third-order valence-electron chi connectivity index (χ3n) is 6.54. The summed E-state index contributed by atoms with van der Waals surface area (Å²) in [5, 5.41) is 6.63. The van der Waals surface area contributed by atoms with Crippen molar-refractivity contribution in [1.29, 1.82) is 0 Å². The number of nitrogens with zero attached hydrogens (tertiary/aromatic N) is 6. The van der Waals surface area contributed by atoms with Crippen LogP contribution in [0.3, 0.4) is 0 Å². The van der Waals surface area contributed by atoms with E-state index in [1.807, 2.05) is 36.5 Å². The second kappa shape index (κ2) is 8.54. The number of fused-ring (bicyclic) bond motifs is 3. The van der Waals surface area contributed by atoms with Crippen molar-refractivity contribution in [2.75, 3.05) is 50.0 Å². The first-order valence-electron chi connectivity index (χ1n) is 11.6. The zero-order chi connectivity index (χ0) is 22.2. The molecule has 0 spiro atoms. The molecule has 4 aliphatic heterocycles. The Morgan fingerprint density at radius 2 is 2.06 bits per heavy atom. The number of rotatable bonds is 4. The van der Waals surface area contributed by atoms with E-state index in [1.165, 1.54) is 0 Å². The van der Waals surface area contributed by atoms with E-state index < -0.39 is 0 Å². The lowest BCUT2D eigenvalue weighted by atomic mass is 9.99. The monoisotopic (exact) mass is 436 g/mol. The van der Waals surface area contributed by atoms with Crippen LogP contribution in [-0.2, 0) is 4.79 Å². The first-order chi connectivity index (χ1) is 15.5. The van der Waals surface area contributed by atoms with E-state index in [1.54, 1.807) is 0 Å². The molecule has 0 saturated carbocycles. The van der Waals surface area contributed by atoms with Gasteiger partial charge in [-0.1, -0.05) is 13.8 Å². The fourth-order valence-corrected chi connectivity index (χ4v) is 5.02. The molecule has 9 heteroatoms. The maximum atomic E-state index is 12.8. The number of piperazine rings is 2. The number of carbonyl (C=O) groups is 1. The average Bonchev–Trinajstić information content (AvgIpc) is 3.17. The van der Waals surface area contributed by atoms with Crippen LogP contribution in [0.2, 0.25) is 0 Å². The lowest BCUT2D eigenvalue weighted by Gasteiger charge is -2.43. The lowest BCUT2D eigenvalue weighted by molar-refractivity contribution is -0.132. The topological polar surface area (TPSA) is 88.5 Å². The minimum atomic E-state index is -0.133. The molecule has 0 aromatic carbocycles. The molecule has 32 heavy (non-hydrogen) atoms. The third kappa shape index (κ3) is 3.97. The summed E-state index contributed by atoms with van der Waals surface area (Å²) in [5.74, 6) is 1.89. The summed E-state index contributed by atoms with van der Waals surface area (Å²) in [6, 6.07) is 4.32. The molecule has 4 aliphatic rings. The van der Waals surface area contributed by atoms with Crippen LogP contribution >= 0.6 is 0 Å². The Morgan fingerprint density at radius 3 is 2.78 bits per heavy atom. The van der Waals surface area contributed by atoms with Crippen LogP contribution in [0.1, 0.15) is 20.3 Å². The van der Waals surface area contributed by atoms with Crippen molar-refractivity contribution in [3.8, 4) is 0 Å². The van der Waals surface area contributed by atoms with Gasteiger partial charge in [0, 0.05) is 52.0 Å². The number of likely N-dealkylation sites (N-methyl/N-ethyl adjacent to an activating group) is 1. The number of hydrogen-bond acceptors (Lipinski definition) is 8. The van der Waals surface area contributed by atoms with Gasteiger partial charge in [0.2, 0.25) is 5.96 Å². The van der Waals surface area contributed by atoms with E-state index in [0.717, 1.165) is 56.3 Å². The van der Waals surface area contributed by atoms with E-state index in [0.29, 0.717) is 11.9 Å². The Kier molecular flexibility index (Phi) is 5.58. The molecule has 5 rings (SSSR count). The van der Waals surface area contributed by atoms with Crippen molar-refractivity contribution >= 4 is 29.6 Å². The molecular weight excluding hydrogens is 404 g/mol. The van der Waals surface area contributed by atoms with Gasteiger partial charge in [0.1, 0.15) is 17.7 Å². The average molecular weight is 437 g/mol. The van der Waals surface area contributed by atoms with Crippen LogP contribution in [0.4, 0.5) is 11.5 Å². The molecule has 2 saturated heterocycles. The molecule has 9 nitrogen and oxygen atoms in total. The fraction of sp³-hybridized carbons (Fsp3) is 0.565. The summed E-state index contributed by atoms with van der Waals surface area (Å²) in [5.41, 5.74) is 1.89. The van der Waals surface area contributed by atoms with Crippen LogP contribution in [-0.4, -0.2) is 84.8 Å².